The maximum absolute atomic E-state index is 5.96. The van der Waals surface area contributed by atoms with Crippen LogP contribution in [0.2, 0.25) is 5.02 Å². The fourth-order valence-corrected chi connectivity index (χ4v) is 4.87. The van der Waals surface area contributed by atoms with Crippen molar-refractivity contribution >= 4 is 46.8 Å². The zero-order valence-corrected chi connectivity index (χ0v) is 20.8. The van der Waals surface area contributed by atoms with Gasteiger partial charge in [-0.15, -0.1) is 11.8 Å². The third-order valence-corrected chi connectivity index (χ3v) is 6.95. The van der Waals surface area contributed by atoms with Crippen LogP contribution in [0, 0.1) is 0 Å². The molecule has 7 nitrogen and oxygen atoms in total. The van der Waals surface area contributed by atoms with Crippen molar-refractivity contribution in [3.63, 3.8) is 0 Å². The Labute approximate surface area is 202 Å². The molecule has 0 aliphatic carbocycles. The van der Waals surface area contributed by atoms with Gasteiger partial charge in [0, 0.05) is 10.8 Å². The fourth-order valence-electron chi connectivity index (χ4n) is 3.41. The number of unbranched alkanes of at least 4 members (excludes halogenated alkanes) is 1. The van der Waals surface area contributed by atoms with Crippen LogP contribution in [0.25, 0.3) is 0 Å². The van der Waals surface area contributed by atoms with Gasteiger partial charge in [0.25, 0.3) is 0 Å². The summed E-state index contributed by atoms with van der Waals surface area (Å²) in [5.74, 6) is 3.99. The number of halogens is 1. The lowest BCUT2D eigenvalue weighted by molar-refractivity contribution is 0.266. The molecule has 0 fully saturated rings. The summed E-state index contributed by atoms with van der Waals surface area (Å²) < 4.78 is 5.80. The van der Waals surface area contributed by atoms with E-state index in [9.17, 15) is 0 Å². The van der Waals surface area contributed by atoms with E-state index in [0.29, 0.717) is 16.6 Å². The number of ether oxygens (including phenoxy) is 1. The number of amidine groups is 1. The maximum atomic E-state index is 5.96. The summed E-state index contributed by atoms with van der Waals surface area (Å²) >= 11 is 9.26. The van der Waals surface area contributed by atoms with E-state index in [2.05, 4.69) is 29.6 Å². The van der Waals surface area contributed by atoms with E-state index in [0.717, 1.165) is 58.8 Å². The number of rotatable bonds is 9. The summed E-state index contributed by atoms with van der Waals surface area (Å²) in [6.45, 7) is 4.36. The minimum absolute atomic E-state index is 0.0382. The van der Waals surface area contributed by atoms with E-state index in [-0.39, 0.29) is 6.17 Å². The molecule has 1 aromatic heterocycles. The molecular formula is C22H27ClN6OS2. The zero-order chi connectivity index (χ0) is 22.5. The quantitative estimate of drug-likeness (QED) is 0.199. The SMILES string of the molecule is CCCCC1Nc2nc(SCCC)nc(SC)c2C2=NC(=COc3ccc(Cl)cc3)NN21. The Morgan fingerprint density at radius 1 is 1.19 bits per heavy atom. The predicted octanol–water partition coefficient (Wildman–Crippen LogP) is 5.74. The molecule has 1 atom stereocenters. The monoisotopic (exact) mass is 490 g/mol. The Morgan fingerprint density at radius 2 is 2.00 bits per heavy atom. The predicted molar refractivity (Wildman–Crippen MR) is 133 cm³/mol. The highest BCUT2D eigenvalue weighted by molar-refractivity contribution is 7.99. The van der Waals surface area contributed by atoms with Gasteiger partial charge in [0.2, 0.25) is 0 Å². The fraction of sp³-hybridized carbons (Fsp3) is 0.409. The second-order valence-electron chi connectivity index (χ2n) is 7.38. The zero-order valence-electron chi connectivity index (χ0n) is 18.4. The summed E-state index contributed by atoms with van der Waals surface area (Å²) in [5, 5.41) is 8.08. The Bertz CT molecular complexity index is 1010. The first-order valence-electron chi connectivity index (χ1n) is 10.8. The molecule has 10 heteroatoms. The lowest BCUT2D eigenvalue weighted by Crippen LogP contribution is -2.52. The number of hydrogen-bond acceptors (Lipinski definition) is 9. The number of nitrogens with zero attached hydrogens (tertiary/aromatic N) is 4. The van der Waals surface area contributed by atoms with Crippen molar-refractivity contribution in [2.75, 3.05) is 17.3 Å². The average Bonchev–Trinajstić information content (AvgIpc) is 3.24. The Hall–Kier alpha value is -2.10. The van der Waals surface area contributed by atoms with Crippen LogP contribution in [-0.4, -0.2) is 39.0 Å². The molecule has 0 spiro atoms. The van der Waals surface area contributed by atoms with E-state index in [1.165, 1.54) is 0 Å². The minimum Gasteiger partial charge on any atom is -0.461 e. The van der Waals surface area contributed by atoms with E-state index < -0.39 is 0 Å². The summed E-state index contributed by atoms with van der Waals surface area (Å²) in [5.41, 5.74) is 4.31. The van der Waals surface area contributed by atoms with Gasteiger partial charge in [0.05, 0.1) is 5.56 Å². The number of fused-ring (bicyclic) bond motifs is 3. The van der Waals surface area contributed by atoms with Gasteiger partial charge < -0.3 is 10.1 Å². The van der Waals surface area contributed by atoms with Gasteiger partial charge >= 0.3 is 0 Å². The van der Waals surface area contributed by atoms with E-state index in [1.54, 1.807) is 41.9 Å². The minimum atomic E-state index is 0.0382. The second kappa shape index (κ2) is 10.7. The highest BCUT2D eigenvalue weighted by Crippen LogP contribution is 2.35. The molecule has 0 saturated heterocycles. The third-order valence-electron chi connectivity index (χ3n) is 4.96. The second-order valence-corrected chi connectivity index (χ2v) is 9.68. The summed E-state index contributed by atoms with van der Waals surface area (Å²) in [6, 6.07) is 7.24. The largest absolute Gasteiger partial charge is 0.461 e. The summed E-state index contributed by atoms with van der Waals surface area (Å²) in [6.07, 6.45) is 7.95. The molecule has 0 amide bonds. The number of nitrogens with one attached hydrogen (secondary N) is 2. The molecule has 2 aliphatic heterocycles. The molecule has 1 unspecified atom stereocenters. The molecule has 0 saturated carbocycles. The molecule has 2 aromatic rings. The van der Waals surface area contributed by atoms with Crippen molar-refractivity contribution in [2.24, 2.45) is 4.99 Å². The molecule has 1 aromatic carbocycles. The molecule has 0 radical (unpaired) electrons. The van der Waals surface area contributed by atoms with Crippen molar-refractivity contribution in [3.8, 4) is 5.75 Å². The molecule has 3 heterocycles. The van der Waals surface area contributed by atoms with E-state index in [4.69, 9.17) is 31.3 Å². The van der Waals surface area contributed by atoms with Crippen LogP contribution in [0.4, 0.5) is 5.82 Å². The number of thioether (sulfide) groups is 2. The lowest BCUT2D eigenvalue weighted by Gasteiger charge is -2.36. The highest BCUT2D eigenvalue weighted by Gasteiger charge is 2.38. The molecule has 0 bridgehead atoms. The van der Waals surface area contributed by atoms with Gasteiger partial charge in [-0.2, -0.15) is 0 Å². The van der Waals surface area contributed by atoms with Crippen LogP contribution in [0.15, 0.2) is 51.5 Å². The Balaban J connectivity index is 1.67. The topological polar surface area (TPSA) is 74.7 Å². The third kappa shape index (κ3) is 5.10. The molecular weight excluding hydrogens is 464 g/mol. The molecule has 4 rings (SSSR count). The average molecular weight is 491 g/mol. The van der Waals surface area contributed by atoms with Crippen molar-refractivity contribution < 1.29 is 4.74 Å². The van der Waals surface area contributed by atoms with Gasteiger partial charge in [-0.1, -0.05) is 43.6 Å². The first kappa shape index (κ1) is 23.1. The van der Waals surface area contributed by atoms with Gasteiger partial charge in [-0.05, 0) is 49.8 Å². The molecule has 2 aliphatic rings. The van der Waals surface area contributed by atoms with Gasteiger partial charge in [0.15, 0.2) is 16.8 Å². The molecule has 32 heavy (non-hydrogen) atoms. The van der Waals surface area contributed by atoms with Crippen LogP contribution < -0.4 is 15.5 Å². The number of hydrogen-bond donors (Lipinski definition) is 2. The van der Waals surface area contributed by atoms with Crippen molar-refractivity contribution in [2.45, 2.75) is 55.9 Å². The normalized spacial score (nSPS) is 18.0. The van der Waals surface area contributed by atoms with Crippen molar-refractivity contribution in [1.82, 2.24) is 20.4 Å². The van der Waals surface area contributed by atoms with Crippen LogP contribution in [-0.2, 0) is 0 Å². The standard InChI is InChI=1S/C22H27ClN6OS2/c1-4-6-7-17-25-19-18(21(31-3)27-22(26-19)32-12-5-2)20-24-16(28-29(17)20)13-30-15-10-8-14(23)9-11-15/h8-11,13,17,28H,4-7,12H2,1-3H3,(H,25,26,27). The molecule has 170 valence electrons. The molecule has 2 N–H and O–H groups in total. The van der Waals surface area contributed by atoms with Gasteiger partial charge in [-0.25, -0.2) is 20.0 Å². The number of aliphatic imine (C=N–C) groups is 1. The van der Waals surface area contributed by atoms with Gasteiger partial charge in [-0.3, -0.25) is 5.43 Å². The van der Waals surface area contributed by atoms with E-state index in [1.807, 2.05) is 18.4 Å². The van der Waals surface area contributed by atoms with Crippen LogP contribution >= 0.6 is 35.1 Å². The Morgan fingerprint density at radius 3 is 2.72 bits per heavy atom. The number of anilines is 1. The van der Waals surface area contributed by atoms with Crippen molar-refractivity contribution in [3.05, 3.63) is 46.9 Å². The first-order valence-corrected chi connectivity index (χ1v) is 13.3. The summed E-state index contributed by atoms with van der Waals surface area (Å²) in [4.78, 5) is 14.5. The number of hydrazine groups is 1. The number of aromatic nitrogens is 2. The summed E-state index contributed by atoms with van der Waals surface area (Å²) in [7, 11) is 0. The van der Waals surface area contributed by atoms with Crippen LogP contribution in [0.5, 0.6) is 5.75 Å². The van der Waals surface area contributed by atoms with Gasteiger partial charge in [0.1, 0.15) is 29.0 Å². The van der Waals surface area contributed by atoms with Crippen LogP contribution in [0.1, 0.15) is 45.1 Å². The number of benzene rings is 1. The maximum Gasteiger partial charge on any atom is 0.190 e. The highest BCUT2D eigenvalue weighted by atomic mass is 35.5. The Kier molecular flexibility index (Phi) is 7.70. The lowest BCUT2D eigenvalue weighted by atomic mass is 10.1. The van der Waals surface area contributed by atoms with Crippen molar-refractivity contribution in [1.29, 1.82) is 0 Å². The first-order chi connectivity index (χ1) is 15.6. The smallest absolute Gasteiger partial charge is 0.190 e. The van der Waals surface area contributed by atoms with Crippen LogP contribution in [0.3, 0.4) is 0 Å². The van der Waals surface area contributed by atoms with E-state index >= 15 is 0 Å².